The predicted octanol–water partition coefficient (Wildman–Crippen LogP) is 2.26. The van der Waals surface area contributed by atoms with Gasteiger partial charge in [0.1, 0.15) is 0 Å². The Labute approximate surface area is 107 Å². The Bertz CT molecular complexity index is 501. The largest absolute Gasteiger partial charge is 0.355 e. The molecule has 18 heavy (non-hydrogen) atoms. The lowest BCUT2D eigenvalue weighted by Gasteiger charge is -2.09. The fourth-order valence-corrected chi connectivity index (χ4v) is 1.47. The van der Waals surface area contributed by atoms with Crippen molar-refractivity contribution in [2.45, 2.75) is 20.8 Å². The zero-order valence-corrected chi connectivity index (χ0v) is 11.1. The number of aryl methyl sites for hydroxylation is 1. The van der Waals surface area contributed by atoms with Crippen molar-refractivity contribution in [1.82, 2.24) is 5.32 Å². The molecule has 0 radical (unpaired) electrons. The van der Waals surface area contributed by atoms with Crippen LogP contribution in [0.5, 0.6) is 0 Å². The van der Waals surface area contributed by atoms with Crippen molar-refractivity contribution >= 4 is 17.5 Å². The third-order valence-corrected chi connectivity index (χ3v) is 2.40. The van der Waals surface area contributed by atoms with Gasteiger partial charge in [-0.2, -0.15) is 0 Å². The number of allylic oxidation sites excluding steroid dienone is 1. The van der Waals surface area contributed by atoms with Gasteiger partial charge in [-0.15, -0.1) is 0 Å². The molecule has 1 aromatic carbocycles. The molecule has 0 bridgehead atoms. The zero-order valence-electron chi connectivity index (χ0n) is 11.1. The lowest BCUT2D eigenvalue weighted by molar-refractivity contribution is -0.112. The predicted molar refractivity (Wildman–Crippen MR) is 72.6 cm³/mol. The van der Waals surface area contributed by atoms with Gasteiger partial charge in [0.15, 0.2) is 0 Å². The van der Waals surface area contributed by atoms with Gasteiger partial charge in [-0.25, -0.2) is 0 Å². The first kappa shape index (κ1) is 14.0. The molecule has 0 aromatic heterocycles. The second-order valence-electron chi connectivity index (χ2n) is 4.32. The van der Waals surface area contributed by atoms with E-state index in [0.717, 1.165) is 11.1 Å². The van der Waals surface area contributed by atoms with E-state index in [1.54, 1.807) is 19.2 Å². The highest BCUT2D eigenvalue weighted by atomic mass is 16.2. The number of anilines is 1. The number of hydrogen-bond donors (Lipinski definition) is 2. The minimum absolute atomic E-state index is 0.173. The Morgan fingerprint density at radius 2 is 1.89 bits per heavy atom. The molecule has 0 aliphatic rings. The SMILES string of the molecule is CNC(=O)c1ccc(C)c(NC(=O)C=C(C)C)c1. The van der Waals surface area contributed by atoms with Crippen LogP contribution in [0, 0.1) is 6.92 Å². The standard InChI is InChI=1S/C14H18N2O2/c1-9(2)7-13(17)16-12-8-11(14(18)15-4)6-5-10(12)3/h5-8H,1-4H3,(H,15,18)(H,16,17). The van der Waals surface area contributed by atoms with E-state index in [-0.39, 0.29) is 11.8 Å². The fourth-order valence-electron chi connectivity index (χ4n) is 1.47. The normalized spacial score (nSPS) is 9.56. The van der Waals surface area contributed by atoms with Crippen molar-refractivity contribution < 1.29 is 9.59 Å². The van der Waals surface area contributed by atoms with Gasteiger partial charge in [0.2, 0.25) is 5.91 Å². The first-order valence-corrected chi connectivity index (χ1v) is 5.72. The van der Waals surface area contributed by atoms with E-state index in [2.05, 4.69) is 10.6 Å². The van der Waals surface area contributed by atoms with Crippen LogP contribution in [0.3, 0.4) is 0 Å². The number of rotatable bonds is 3. The monoisotopic (exact) mass is 246 g/mol. The van der Waals surface area contributed by atoms with Crippen LogP contribution in [-0.2, 0) is 4.79 Å². The average molecular weight is 246 g/mol. The smallest absolute Gasteiger partial charge is 0.251 e. The van der Waals surface area contributed by atoms with Crippen LogP contribution < -0.4 is 10.6 Å². The van der Waals surface area contributed by atoms with Gasteiger partial charge in [-0.05, 0) is 38.5 Å². The molecule has 0 spiro atoms. The van der Waals surface area contributed by atoms with E-state index in [1.807, 2.05) is 26.8 Å². The van der Waals surface area contributed by atoms with Crippen LogP contribution in [0.2, 0.25) is 0 Å². The zero-order chi connectivity index (χ0) is 13.7. The lowest BCUT2D eigenvalue weighted by Crippen LogP contribution is -2.18. The molecule has 0 unspecified atom stereocenters. The fraction of sp³-hybridized carbons (Fsp3) is 0.286. The van der Waals surface area contributed by atoms with Gasteiger partial charge < -0.3 is 10.6 Å². The first-order valence-electron chi connectivity index (χ1n) is 5.72. The summed E-state index contributed by atoms with van der Waals surface area (Å²) in [6.45, 7) is 5.59. The molecule has 0 atom stereocenters. The minimum atomic E-state index is -0.188. The van der Waals surface area contributed by atoms with Crippen LogP contribution in [0.1, 0.15) is 29.8 Å². The van der Waals surface area contributed by atoms with Crippen LogP contribution in [-0.4, -0.2) is 18.9 Å². The molecule has 0 heterocycles. The lowest BCUT2D eigenvalue weighted by atomic mass is 10.1. The first-order chi connectivity index (χ1) is 8.43. The molecule has 2 amide bonds. The Morgan fingerprint density at radius 3 is 2.44 bits per heavy atom. The van der Waals surface area contributed by atoms with Gasteiger partial charge in [0.25, 0.3) is 5.91 Å². The van der Waals surface area contributed by atoms with Gasteiger partial charge in [-0.1, -0.05) is 11.6 Å². The number of hydrogen-bond acceptors (Lipinski definition) is 2. The Hall–Kier alpha value is -2.10. The van der Waals surface area contributed by atoms with Crippen molar-refractivity contribution in [2.24, 2.45) is 0 Å². The van der Waals surface area contributed by atoms with E-state index in [0.29, 0.717) is 11.3 Å². The van der Waals surface area contributed by atoms with E-state index in [1.165, 1.54) is 6.08 Å². The number of benzene rings is 1. The summed E-state index contributed by atoms with van der Waals surface area (Å²) in [5.74, 6) is -0.361. The average Bonchev–Trinajstić information content (AvgIpc) is 2.30. The molecule has 0 saturated heterocycles. The van der Waals surface area contributed by atoms with Gasteiger partial charge >= 0.3 is 0 Å². The molecular weight excluding hydrogens is 228 g/mol. The highest BCUT2D eigenvalue weighted by Gasteiger charge is 2.07. The van der Waals surface area contributed by atoms with Crippen LogP contribution >= 0.6 is 0 Å². The maximum absolute atomic E-state index is 11.6. The quantitative estimate of drug-likeness (QED) is 0.804. The number of carbonyl (C=O) groups excluding carboxylic acids is 2. The molecule has 96 valence electrons. The second-order valence-corrected chi connectivity index (χ2v) is 4.32. The summed E-state index contributed by atoms with van der Waals surface area (Å²) in [4.78, 5) is 23.1. The molecule has 1 aromatic rings. The summed E-state index contributed by atoms with van der Waals surface area (Å²) in [5, 5.41) is 5.32. The molecule has 1 rings (SSSR count). The van der Waals surface area contributed by atoms with E-state index >= 15 is 0 Å². The van der Waals surface area contributed by atoms with E-state index in [9.17, 15) is 9.59 Å². The van der Waals surface area contributed by atoms with E-state index < -0.39 is 0 Å². The second kappa shape index (κ2) is 6.00. The Morgan fingerprint density at radius 1 is 1.22 bits per heavy atom. The molecule has 0 aliphatic carbocycles. The van der Waals surface area contributed by atoms with Gasteiger partial charge in [0.05, 0.1) is 0 Å². The summed E-state index contributed by atoms with van der Waals surface area (Å²) < 4.78 is 0. The number of carbonyl (C=O) groups is 2. The van der Waals surface area contributed by atoms with E-state index in [4.69, 9.17) is 0 Å². The van der Waals surface area contributed by atoms with Crippen molar-refractivity contribution in [2.75, 3.05) is 12.4 Å². The van der Waals surface area contributed by atoms with Crippen molar-refractivity contribution in [3.05, 3.63) is 41.0 Å². The molecule has 0 saturated carbocycles. The van der Waals surface area contributed by atoms with Crippen molar-refractivity contribution in [1.29, 1.82) is 0 Å². The summed E-state index contributed by atoms with van der Waals surface area (Å²) in [6, 6.07) is 5.21. The van der Waals surface area contributed by atoms with Crippen LogP contribution in [0.15, 0.2) is 29.8 Å². The highest BCUT2D eigenvalue weighted by Crippen LogP contribution is 2.17. The topological polar surface area (TPSA) is 58.2 Å². The molecule has 0 fully saturated rings. The van der Waals surface area contributed by atoms with Crippen molar-refractivity contribution in [3.63, 3.8) is 0 Å². The van der Waals surface area contributed by atoms with Crippen molar-refractivity contribution in [3.8, 4) is 0 Å². The summed E-state index contributed by atoms with van der Waals surface area (Å²) >= 11 is 0. The number of amides is 2. The third kappa shape index (κ3) is 3.73. The molecule has 2 N–H and O–H groups in total. The molecule has 0 aliphatic heterocycles. The molecular formula is C14H18N2O2. The van der Waals surface area contributed by atoms with Crippen LogP contribution in [0.4, 0.5) is 5.69 Å². The number of nitrogens with one attached hydrogen (secondary N) is 2. The maximum Gasteiger partial charge on any atom is 0.251 e. The summed E-state index contributed by atoms with van der Waals surface area (Å²) in [7, 11) is 1.57. The maximum atomic E-state index is 11.6. The van der Waals surface area contributed by atoms with Gasteiger partial charge in [-0.3, -0.25) is 9.59 Å². The Balaban J connectivity index is 2.98. The summed E-state index contributed by atoms with van der Waals surface area (Å²) in [5.41, 5.74) is 3.01. The summed E-state index contributed by atoms with van der Waals surface area (Å²) in [6.07, 6.45) is 1.52. The highest BCUT2D eigenvalue weighted by molar-refractivity contribution is 6.01. The van der Waals surface area contributed by atoms with Crippen LogP contribution in [0.25, 0.3) is 0 Å². The minimum Gasteiger partial charge on any atom is -0.355 e. The third-order valence-electron chi connectivity index (χ3n) is 2.40. The molecule has 4 heteroatoms. The van der Waals surface area contributed by atoms with Gasteiger partial charge in [0, 0.05) is 24.4 Å². The molecule has 4 nitrogen and oxygen atoms in total. The Kier molecular flexibility index (Phi) is 4.66.